The van der Waals surface area contributed by atoms with Crippen LogP contribution in [0.1, 0.15) is 18.5 Å². The number of carbonyl (C=O) groups excluding carboxylic acids is 1. The SMILES string of the molecule is COc1ccc(-c2n[nH]c(=S)n2CC(=O)NC(C)c2ccc(F)cc2)cc1. The fourth-order valence-electron chi connectivity index (χ4n) is 2.69. The standard InChI is InChI=1S/C19H19FN4O2S/c1-12(13-3-7-15(20)8-4-13)21-17(25)11-24-18(22-23-19(24)27)14-5-9-16(26-2)10-6-14/h3-10,12H,11H2,1-2H3,(H,21,25)(H,23,27). The second kappa shape index (κ2) is 8.13. The van der Waals surface area contributed by atoms with Crippen molar-refractivity contribution in [3.05, 3.63) is 64.7 Å². The molecule has 8 heteroatoms. The topological polar surface area (TPSA) is 71.9 Å². The molecule has 1 unspecified atom stereocenters. The smallest absolute Gasteiger partial charge is 0.240 e. The van der Waals surface area contributed by atoms with Gasteiger partial charge in [-0.05, 0) is 61.1 Å². The molecule has 3 aromatic rings. The molecule has 0 aliphatic carbocycles. The maximum atomic E-state index is 13.0. The maximum Gasteiger partial charge on any atom is 0.240 e. The number of halogens is 1. The molecule has 0 saturated heterocycles. The second-order valence-electron chi connectivity index (χ2n) is 6.01. The number of aromatic amines is 1. The van der Waals surface area contributed by atoms with E-state index in [1.807, 2.05) is 31.2 Å². The summed E-state index contributed by atoms with van der Waals surface area (Å²) in [6.07, 6.45) is 0. The number of benzene rings is 2. The summed E-state index contributed by atoms with van der Waals surface area (Å²) in [4.78, 5) is 12.5. The minimum atomic E-state index is -0.314. The number of H-pyrrole nitrogens is 1. The second-order valence-corrected chi connectivity index (χ2v) is 6.39. The third-order valence-electron chi connectivity index (χ3n) is 4.16. The number of amides is 1. The minimum Gasteiger partial charge on any atom is -0.497 e. The molecule has 1 heterocycles. The number of carbonyl (C=O) groups is 1. The molecular formula is C19H19FN4O2S. The molecule has 0 saturated carbocycles. The third-order valence-corrected chi connectivity index (χ3v) is 4.47. The van der Waals surface area contributed by atoms with Crippen LogP contribution >= 0.6 is 12.2 Å². The van der Waals surface area contributed by atoms with Gasteiger partial charge in [0.2, 0.25) is 5.91 Å². The summed E-state index contributed by atoms with van der Waals surface area (Å²) >= 11 is 5.26. The first-order valence-electron chi connectivity index (χ1n) is 8.32. The Kier molecular flexibility index (Phi) is 5.66. The number of hydrogen-bond acceptors (Lipinski definition) is 4. The van der Waals surface area contributed by atoms with Gasteiger partial charge in [-0.3, -0.25) is 14.5 Å². The Balaban J connectivity index is 1.75. The van der Waals surface area contributed by atoms with E-state index in [4.69, 9.17) is 17.0 Å². The predicted molar refractivity (Wildman–Crippen MR) is 102 cm³/mol. The van der Waals surface area contributed by atoms with Crippen molar-refractivity contribution in [3.63, 3.8) is 0 Å². The van der Waals surface area contributed by atoms with Crippen LogP contribution in [0, 0.1) is 10.6 Å². The van der Waals surface area contributed by atoms with Gasteiger partial charge in [-0.15, -0.1) is 0 Å². The van der Waals surface area contributed by atoms with Crippen molar-refractivity contribution in [2.24, 2.45) is 0 Å². The van der Waals surface area contributed by atoms with Crippen molar-refractivity contribution in [3.8, 4) is 17.1 Å². The number of nitrogens with one attached hydrogen (secondary N) is 2. The van der Waals surface area contributed by atoms with E-state index < -0.39 is 0 Å². The van der Waals surface area contributed by atoms with Crippen molar-refractivity contribution in [1.82, 2.24) is 20.1 Å². The van der Waals surface area contributed by atoms with Gasteiger partial charge in [0.15, 0.2) is 10.6 Å². The molecule has 0 fully saturated rings. The zero-order chi connectivity index (χ0) is 19.4. The molecule has 6 nitrogen and oxygen atoms in total. The van der Waals surface area contributed by atoms with Gasteiger partial charge in [-0.1, -0.05) is 12.1 Å². The first-order chi connectivity index (χ1) is 13.0. The normalized spacial score (nSPS) is 11.8. The van der Waals surface area contributed by atoms with Crippen molar-refractivity contribution in [2.75, 3.05) is 7.11 Å². The van der Waals surface area contributed by atoms with Crippen LogP contribution in [0.2, 0.25) is 0 Å². The van der Waals surface area contributed by atoms with Crippen LogP contribution in [0.25, 0.3) is 11.4 Å². The molecule has 0 aliphatic heterocycles. The molecule has 2 aromatic carbocycles. The van der Waals surface area contributed by atoms with Gasteiger partial charge in [0.1, 0.15) is 18.1 Å². The highest BCUT2D eigenvalue weighted by atomic mass is 32.1. The van der Waals surface area contributed by atoms with Crippen LogP contribution in [0.4, 0.5) is 4.39 Å². The Hall–Kier alpha value is -3.00. The van der Waals surface area contributed by atoms with E-state index in [9.17, 15) is 9.18 Å². The summed E-state index contributed by atoms with van der Waals surface area (Å²) in [5.41, 5.74) is 1.62. The van der Waals surface area contributed by atoms with Crippen LogP contribution in [0.3, 0.4) is 0 Å². The molecule has 3 rings (SSSR count). The Bertz CT molecular complexity index is 980. The molecule has 0 bridgehead atoms. The van der Waals surface area contributed by atoms with E-state index in [2.05, 4.69) is 15.5 Å². The fraction of sp³-hybridized carbons (Fsp3) is 0.211. The highest BCUT2D eigenvalue weighted by Gasteiger charge is 2.15. The fourth-order valence-corrected chi connectivity index (χ4v) is 2.89. The molecular weight excluding hydrogens is 367 g/mol. The van der Waals surface area contributed by atoms with Crippen molar-refractivity contribution >= 4 is 18.1 Å². The van der Waals surface area contributed by atoms with E-state index in [0.717, 1.165) is 16.9 Å². The van der Waals surface area contributed by atoms with Gasteiger partial charge in [0.25, 0.3) is 0 Å². The van der Waals surface area contributed by atoms with Gasteiger partial charge in [0.05, 0.1) is 13.2 Å². The van der Waals surface area contributed by atoms with Crippen LogP contribution in [-0.4, -0.2) is 27.8 Å². The van der Waals surface area contributed by atoms with Gasteiger partial charge < -0.3 is 10.1 Å². The van der Waals surface area contributed by atoms with Crippen LogP contribution < -0.4 is 10.1 Å². The maximum absolute atomic E-state index is 13.0. The summed E-state index contributed by atoms with van der Waals surface area (Å²) in [5, 5.41) is 9.84. The van der Waals surface area contributed by atoms with Crippen LogP contribution in [-0.2, 0) is 11.3 Å². The number of ether oxygens (including phenoxy) is 1. The summed E-state index contributed by atoms with van der Waals surface area (Å²) in [6, 6.07) is 13.1. The van der Waals surface area contributed by atoms with Gasteiger partial charge in [0, 0.05) is 5.56 Å². The van der Waals surface area contributed by atoms with Crippen LogP contribution in [0.15, 0.2) is 48.5 Å². The minimum absolute atomic E-state index is 0.0161. The first-order valence-corrected chi connectivity index (χ1v) is 8.73. The molecule has 1 atom stereocenters. The highest BCUT2D eigenvalue weighted by Crippen LogP contribution is 2.21. The summed E-state index contributed by atoms with van der Waals surface area (Å²) < 4.78 is 20.2. The lowest BCUT2D eigenvalue weighted by atomic mass is 10.1. The van der Waals surface area contributed by atoms with Crippen molar-refractivity contribution in [1.29, 1.82) is 0 Å². The molecule has 0 aliphatic rings. The summed E-state index contributed by atoms with van der Waals surface area (Å²) in [5.74, 6) is 0.753. The molecule has 1 aromatic heterocycles. The van der Waals surface area contributed by atoms with E-state index in [1.165, 1.54) is 12.1 Å². The lowest BCUT2D eigenvalue weighted by molar-refractivity contribution is -0.122. The average molecular weight is 386 g/mol. The Morgan fingerprint density at radius 1 is 1.26 bits per heavy atom. The van der Waals surface area contributed by atoms with Gasteiger partial charge in [-0.25, -0.2) is 4.39 Å². The van der Waals surface area contributed by atoms with Crippen LogP contribution in [0.5, 0.6) is 5.75 Å². The lowest BCUT2D eigenvalue weighted by Gasteiger charge is -2.15. The monoisotopic (exact) mass is 386 g/mol. The number of nitrogens with zero attached hydrogens (tertiary/aromatic N) is 2. The van der Waals surface area contributed by atoms with Crippen molar-refractivity contribution < 1.29 is 13.9 Å². The number of hydrogen-bond donors (Lipinski definition) is 2. The molecule has 0 radical (unpaired) electrons. The number of methoxy groups -OCH3 is 1. The quantitative estimate of drug-likeness (QED) is 0.635. The Labute approximate surface area is 161 Å². The van der Waals surface area contributed by atoms with E-state index >= 15 is 0 Å². The van der Waals surface area contributed by atoms with Gasteiger partial charge in [-0.2, -0.15) is 5.10 Å². The van der Waals surface area contributed by atoms with Crippen molar-refractivity contribution in [2.45, 2.75) is 19.5 Å². The first kappa shape index (κ1) is 18.8. The molecule has 27 heavy (non-hydrogen) atoms. The van der Waals surface area contributed by atoms with E-state index in [1.54, 1.807) is 23.8 Å². The lowest BCUT2D eigenvalue weighted by Crippen LogP contribution is -2.30. The zero-order valence-electron chi connectivity index (χ0n) is 14.9. The highest BCUT2D eigenvalue weighted by molar-refractivity contribution is 7.71. The summed E-state index contributed by atoms with van der Waals surface area (Å²) in [6.45, 7) is 1.85. The number of rotatable bonds is 6. The number of aromatic nitrogens is 3. The zero-order valence-corrected chi connectivity index (χ0v) is 15.7. The average Bonchev–Trinajstić information content (AvgIpc) is 3.02. The molecule has 2 N–H and O–H groups in total. The summed E-state index contributed by atoms with van der Waals surface area (Å²) in [7, 11) is 1.59. The predicted octanol–water partition coefficient (Wildman–Crippen LogP) is 3.63. The molecule has 0 spiro atoms. The van der Waals surface area contributed by atoms with E-state index in [0.29, 0.717) is 10.6 Å². The Morgan fingerprint density at radius 2 is 1.93 bits per heavy atom. The Morgan fingerprint density at radius 3 is 2.56 bits per heavy atom. The third kappa shape index (κ3) is 4.40. The van der Waals surface area contributed by atoms with Gasteiger partial charge >= 0.3 is 0 Å². The molecule has 140 valence electrons. The van der Waals surface area contributed by atoms with E-state index in [-0.39, 0.29) is 24.3 Å². The largest absolute Gasteiger partial charge is 0.497 e. The molecule has 1 amide bonds.